The third-order valence-corrected chi connectivity index (χ3v) is 3.71. The Morgan fingerprint density at radius 1 is 1.25 bits per heavy atom. The fraction of sp³-hybridized carbons (Fsp3) is 0.118. The van der Waals surface area contributed by atoms with E-state index >= 15 is 0 Å². The summed E-state index contributed by atoms with van der Waals surface area (Å²) in [5.41, 5.74) is 6.29. The van der Waals surface area contributed by atoms with Crippen LogP contribution in [0.2, 0.25) is 10.0 Å². The highest BCUT2D eigenvalue weighted by atomic mass is 35.5. The van der Waals surface area contributed by atoms with Crippen molar-refractivity contribution in [1.29, 1.82) is 0 Å². The Labute approximate surface area is 148 Å². The van der Waals surface area contributed by atoms with Crippen LogP contribution in [0, 0.1) is 5.82 Å². The first kappa shape index (κ1) is 18.1. The molecule has 0 unspecified atom stereocenters. The number of rotatable bonds is 6. The summed E-state index contributed by atoms with van der Waals surface area (Å²) in [6.07, 6.45) is 2.72. The molecule has 2 aromatic rings. The monoisotopic (exact) mass is 369 g/mol. The second kappa shape index (κ2) is 8.04. The zero-order valence-electron chi connectivity index (χ0n) is 12.7. The Hall–Kier alpha value is -2.24. The number of hydrogen-bond acceptors (Lipinski definition) is 3. The molecule has 4 nitrogen and oxygen atoms in total. The van der Waals surface area contributed by atoms with Gasteiger partial charge in [0.2, 0.25) is 5.91 Å². The lowest BCUT2D eigenvalue weighted by Crippen LogP contribution is -2.05. The molecule has 2 N–H and O–H groups in total. The summed E-state index contributed by atoms with van der Waals surface area (Å²) in [5.74, 6) is -0.304. The molecule has 1 amide bonds. The van der Waals surface area contributed by atoms with Crippen LogP contribution in [-0.2, 0) is 11.4 Å². The lowest BCUT2D eigenvalue weighted by Gasteiger charge is -2.14. The van der Waals surface area contributed by atoms with E-state index < -0.39 is 11.7 Å². The molecule has 2 aromatic carbocycles. The first-order valence-electron chi connectivity index (χ1n) is 6.82. The summed E-state index contributed by atoms with van der Waals surface area (Å²) in [4.78, 5) is 10.8. The van der Waals surface area contributed by atoms with Crippen LogP contribution in [0.1, 0.15) is 11.1 Å². The number of nitrogens with two attached hydrogens (primary N) is 1. The molecule has 0 aliphatic carbocycles. The van der Waals surface area contributed by atoms with Crippen LogP contribution in [0.15, 0.2) is 36.4 Å². The van der Waals surface area contributed by atoms with Gasteiger partial charge in [-0.15, -0.1) is 0 Å². The first-order chi connectivity index (χ1) is 11.4. The van der Waals surface area contributed by atoms with Crippen molar-refractivity contribution >= 4 is 35.2 Å². The highest BCUT2D eigenvalue weighted by Crippen LogP contribution is 2.37. The molecule has 0 aliphatic heterocycles. The quantitative estimate of drug-likeness (QED) is 0.775. The van der Waals surface area contributed by atoms with E-state index in [-0.39, 0.29) is 16.7 Å². The van der Waals surface area contributed by atoms with Gasteiger partial charge in [-0.2, -0.15) is 0 Å². The summed E-state index contributed by atoms with van der Waals surface area (Å²) in [5, 5.41) is 0.544. The van der Waals surface area contributed by atoms with Gasteiger partial charge in [-0.25, -0.2) is 4.39 Å². The zero-order chi connectivity index (χ0) is 17.7. The second-order valence-electron chi connectivity index (χ2n) is 4.79. The van der Waals surface area contributed by atoms with E-state index in [0.29, 0.717) is 22.6 Å². The summed E-state index contributed by atoms with van der Waals surface area (Å²) in [6, 6.07) is 7.28. The maximum absolute atomic E-state index is 13.1. The molecular formula is C17H14Cl2FNO3. The van der Waals surface area contributed by atoms with E-state index in [1.807, 2.05) is 0 Å². The van der Waals surface area contributed by atoms with E-state index in [9.17, 15) is 9.18 Å². The predicted octanol–water partition coefficient (Wildman–Crippen LogP) is 4.22. The summed E-state index contributed by atoms with van der Waals surface area (Å²) >= 11 is 12.2. The zero-order valence-corrected chi connectivity index (χ0v) is 14.2. The Morgan fingerprint density at radius 2 is 2.00 bits per heavy atom. The lowest BCUT2D eigenvalue weighted by atomic mass is 10.2. The van der Waals surface area contributed by atoms with Crippen molar-refractivity contribution in [1.82, 2.24) is 0 Å². The largest absolute Gasteiger partial charge is 0.493 e. The van der Waals surface area contributed by atoms with Crippen molar-refractivity contribution in [3.63, 3.8) is 0 Å². The van der Waals surface area contributed by atoms with Crippen molar-refractivity contribution in [3.8, 4) is 11.5 Å². The summed E-state index contributed by atoms with van der Waals surface area (Å²) in [6.45, 7) is 0.0890. The molecule has 0 saturated carbocycles. The van der Waals surface area contributed by atoms with Gasteiger partial charge in [0.1, 0.15) is 12.4 Å². The van der Waals surface area contributed by atoms with Gasteiger partial charge < -0.3 is 15.2 Å². The molecule has 24 heavy (non-hydrogen) atoms. The van der Waals surface area contributed by atoms with Crippen molar-refractivity contribution in [2.75, 3.05) is 7.11 Å². The van der Waals surface area contributed by atoms with Gasteiger partial charge in [0.15, 0.2) is 11.5 Å². The molecule has 0 heterocycles. The number of methoxy groups -OCH3 is 1. The minimum atomic E-state index is -0.573. The Morgan fingerprint density at radius 3 is 2.62 bits per heavy atom. The average Bonchev–Trinajstić information content (AvgIpc) is 2.52. The fourth-order valence-corrected chi connectivity index (χ4v) is 2.44. The standard InChI is InChI=1S/C17H14Cl2FNO3/c1-23-15-7-10(2-5-16(21)22)6-14(19)17(15)24-9-11-3-4-12(20)8-13(11)18/h2-8H,9H2,1H3,(H2,21,22). The van der Waals surface area contributed by atoms with Crippen LogP contribution in [-0.4, -0.2) is 13.0 Å². The maximum Gasteiger partial charge on any atom is 0.241 e. The van der Waals surface area contributed by atoms with Gasteiger partial charge in [0.05, 0.1) is 17.2 Å². The molecule has 0 aromatic heterocycles. The average molecular weight is 370 g/mol. The van der Waals surface area contributed by atoms with E-state index in [1.54, 1.807) is 12.1 Å². The SMILES string of the molecule is COc1cc(C=CC(N)=O)cc(Cl)c1OCc1ccc(F)cc1Cl. The minimum Gasteiger partial charge on any atom is -0.493 e. The molecule has 0 atom stereocenters. The molecule has 0 bridgehead atoms. The molecule has 126 valence electrons. The van der Waals surface area contributed by atoms with Crippen LogP contribution in [0.25, 0.3) is 6.08 Å². The molecule has 0 spiro atoms. The van der Waals surface area contributed by atoms with Crippen molar-refractivity contribution in [2.45, 2.75) is 6.61 Å². The summed E-state index contributed by atoms with van der Waals surface area (Å²) < 4.78 is 24.0. The van der Waals surface area contributed by atoms with Crippen LogP contribution < -0.4 is 15.2 Å². The Balaban J connectivity index is 2.24. The Bertz CT molecular complexity index is 794. The number of carbonyl (C=O) groups excluding carboxylic acids is 1. The van der Waals surface area contributed by atoms with E-state index in [1.165, 1.54) is 37.5 Å². The van der Waals surface area contributed by atoms with Gasteiger partial charge >= 0.3 is 0 Å². The molecule has 2 rings (SSSR count). The molecule has 0 aliphatic rings. The molecule has 0 radical (unpaired) electrons. The van der Waals surface area contributed by atoms with Gasteiger partial charge in [-0.1, -0.05) is 29.3 Å². The fourth-order valence-electron chi connectivity index (χ4n) is 1.94. The van der Waals surface area contributed by atoms with E-state index in [0.717, 1.165) is 0 Å². The van der Waals surface area contributed by atoms with Crippen molar-refractivity contribution < 1.29 is 18.7 Å². The maximum atomic E-state index is 13.1. The Kier molecular flexibility index (Phi) is 6.06. The van der Waals surface area contributed by atoms with Gasteiger partial charge in [-0.3, -0.25) is 4.79 Å². The minimum absolute atomic E-state index is 0.0890. The van der Waals surface area contributed by atoms with Crippen LogP contribution in [0.5, 0.6) is 11.5 Å². The highest BCUT2D eigenvalue weighted by molar-refractivity contribution is 6.32. The molecular weight excluding hydrogens is 356 g/mol. The molecule has 0 fully saturated rings. The predicted molar refractivity (Wildman–Crippen MR) is 92.0 cm³/mol. The smallest absolute Gasteiger partial charge is 0.241 e. The normalized spacial score (nSPS) is 10.8. The van der Waals surface area contributed by atoms with Gasteiger partial charge in [-0.05, 0) is 35.9 Å². The van der Waals surface area contributed by atoms with E-state index in [2.05, 4.69) is 0 Å². The van der Waals surface area contributed by atoms with Crippen LogP contribution in [0.3, 0.4) is 0 Å². The highest BCUT2D eigenvalue weighted by Gasteiger charge is 2.13. The molecule has 0 saturated heterocycles. The van der Waals surface area contributed by atoms with Gasteiger partial charge in [0, 0.05) is 11.6 Å². The number of hydrogen-bond donors (Lipinski definition) is 1. The van der Waals surface area contributed by atoms with Crippen molar-refractivity contribution in [3.05, 3.63) is 63.4 Å². The number of halogens is 3. The number of benzene rings is 2. The number of carbonyl (C=O) groups is 1. The third kappa shape index (κ3) is 4.63. The lowest BCUT2D eigenvalue weighted by molar-refractivity contribution is -0.113. The first-order valence-corrected chi connectivity index (χ1v) is 7.58. The second-order valence-corrected chi connectivity index (χ2v) is 5.61. The van der Waals surface area contributed by atoms with Crippen LogP contribution in [0.4, 0.5) is 4.39 Å². The third-order valence-electron chi connectivity index (χ3n) is 3.08. The van der Waals surface area contributed by atoms with E-state index in [4.69, 9.17) is 38.4 Å². The summed E-state index contributed by atoms with van der Waals surface area (Å²) in [7, 11) is 1.46. The molecule has 7 heteroatoms. The van der Waals surface area contributed by atoms with Crippen LogP contribution >= 0.6 is 23.2 Å². The number of amides is 1. The number of primary amides is 1. The van der Waals surface area contributed by atoms with Gasteiger partial charge in [0.25, 0.3) is 0 Å². The van der Waals surface area contributed by atoms with Crippen molar-refractivity contribution in [2.24, 2.45) is 5.73 Å². The number of ether oxygens (including phenoxy) is 2. The topological polar surface area (TPSA) is 61.5 Å².